The minimum atomic E-state index is 0.0735. The summed E-state index contributed by atoms with van der Waals surface area (Å²) in [5.41, 5.74) is 0. The largest absolute Gasteiger partial charge is 0.469 e. The van der Waals surface area contributed by atoms with Crippen LogP contribution in [0.4, 0.5) is 0 Å². The van der Waals surface area contributed by atoms with Gasteiger partial charge in [-0.1, -0.05) is 13.8 Å². The summed E-state index contributed by atoms with van der Waals surface area (Å²) in [6.07, 6.45) is 13.6. The van der Waals surface area contributed by atoms with Gasteiger partial charge in [0.05, 0.1) is 13.0 Å². The molecule has 30 heavy (non-hydrogen) atoms. The van der Waals surface area contributed by atoms with E-state index < -0.39 is 0 Å². The molecule has 8 aliphatic rings. The summed E-state index contributed by atoms with van der Waals surface area (Å²) in [4.78, 5) is 11.9. The lowest BCUT2D eigenvalue weighted by Crippen LogP contribution is -2.40. The molecule has 0 aromatic heterocycles. The first-order chi connectivity index (χ1) is 14.6. The van der Waals surface area contributed by atoms with Crippen molar-refractivity contribution in [3.63, 3.8) is 0 Å². The highest BCUT2D eigenvalue weighted by molar-refractivity contribution is 5.73. The second-order valence-corrected chi connectivity index (χ2v) is 13.3. The van der Waals surface area contributed by atoms with Crippen molar-refractivity contribution in [3.8, 4) is 0 Å². The zero-order chi connectivity index (χ0) is 20.3. The Labute approximate surface area is 183 Å². The number of rotatable bonds is 1. The van der Waals surface area contributed by atoms with Crippen molar-refractivity contribution in [2.24, 2.45) is 88.8 Å². The molecule has 0 saturated heterocycles. The van der Waals surface area contributed by atoms with Crippen LogP contribution in [-0.4, -0.2) is 13.1 Å². The first-order valence-electron chi connectivity index (χ1n) is 13.6. The molecule has 8 rings (SSSR count). The summed E-state index contributed by atoms with van der Waals surface area (Å²) in [7, 11) is 1.55. The van der Waals surface area contributed by atoms with Crippen molar-refractivity contribution in [3.05, 3.63) is 0 Å². The summed E-state index contributed by atoms with van der Waals surface area (Å²) in [5, 5.41) is 0. The van der Waals surface area contributed by atoms with Crippen LogP contribution >= 0.6 is 0 Å². The van der Waals surface area contributed by atoms with Gasteiger partial charge in [0, 0.05) is 0 Å². The predicted molar refractivity (Wildman–Crippen MR) is 117 cm³/mol. The molecule has 8 saturated carbocycles. The van der Waals surface area contributed by atoms with Gasteiger partial charge in [-0.2, -0.15) is 0 Å². The Hall–Kier alpha value is -0.530. The molecular weight excluding hydrogens is 368 g/mol. The van der Waals surface area contributed by atoms with Crippen LogP contribution in [0.5, 0.6) is 0 Å². The number of carbonyl (C=O) groups is 1. The van der Waals surface area contributed by atoms with E-state index in [-0.39, 0.29) is 11.9 Å². The van der Waals surface area contributed by atoms with E-state index in [1.807, 2.05) is 0 Å². The minimum absolute atomic E-state index is 0.0735. The van der Waals surface area contributed by atoms with Crippen molar-refractivity contribution in [2.75, 3.05) is 7.11 Å². The second-order valence-electron chi connectivity index (χ2n) is 13.3. The molecule has 0 amide bonds. The summed E-state index contributed by atoms with van der Waals surface area (Å²) in [6.45, 7) is 4.92. The normalized spacial score (nSPS) is 62.4. The number of hydrogen-bond acceptors (Lipinski definition) is 2. The van der Waals surface area contributed by atoms with Crippen LogP contribution in [0.1, 0.15) is 71.6 Å². The van der Waals surface area contributed by atoms with E-state index in [9.17, 15) is 4.79 Å². The van der Waals surface area contributed by atoms with Crippen LogP contribution in [0.25, 0.3) is 0 Å². The van der Waals surface area contributed by atoms with Crippen LogP contribution in [0.2, 0.25) is 0 Å². The molecule has 2 heteroatoms. The van der Waals surface area contributed by atoms with E-state index in [0.717, 1.165) is 47.8 Å². The highest BCUT2D eigenvalue weighted by atomic mass is 16.5. The third kappa shape index (κ3) is 2.30. The Morgan fingerprint density at radius 3 is 1.67 bits per heavy atom. The maximum Gasteiger partial charge on any atom is 0.308 e. The molecule has 0 spiro atoms. The van der Waals surface area contributed by atoms with Gasteiger partial charge in [0.25, 0.3) is 0 Å². The van der Waals surface area contributed by atoms with Gasteiger partial charge in [0.15, 0.2) is 0 Å². The number of carbonyl (C=O) groups excluding carboxylic acids is 1. The van der Waals surface area contributed by atoms with Crippen LogP contribution in [0.15, 0.2) is 0 Å². The van der Waals surface area contributed by atoms with E-state index in [1.165, 1.54) is 48.3 Å². The number of ether oxygens (including phenoxy) is 1. The molecular formula is C28H42O2. The Balaban J connectivity index is 0.000000116. The second kappa shape index (κ2) is 6.50. The van der Waals surface area contributed by atoms with Gasteiger partial charge in [-0.3, -0.25) is 4.79 Å². The van der Waals surface area contributed by atoms with Gasteiger partial charge in [0.2, 0.25) is 0 Å². The minimum Gasteiger partial charge on any atom is -0.469 e. The molecule has 166 valence electrons. The fourth-order valence-corrected chi connectivity index (χ4v) is 12.2. The SMILES string of the molecule is C1CC2CC1C1C3CCC(C3)C21.COC(=O)C1CC2CC1C1C3CC(C(C)C3C)C21. The molecule has 2 nitrogen and oxygen atoms in total. The number of hydrogen-bond donors (Lipinski definition) is 0. The Morgan fingerprint density at radius 2 is 1.13 bits per heavy atom. The summed E-state index contributed by atoms with van der Waals surface area (Å²) in [5.74, 6) is 14.6. The van der Waals surface area contributed by atoms with Crippen LogP contribution in [0.3, 0.4) is 0 Å². The fourth-order valence-electron chi connectivity index (χ4n) is 12.2. The quantitative estimate of drug-likeness (QED) is 0.389. The van der Waals surface area contributed by atoms with Gasteiger partial charge in [-0.25, -0.2) is 0 Å². The lowest BCUT2D eigenvalue weighted by molar-refractivity contribution is -0.149. The molecule has 0 radical (unpaired) electrons. The number of fused-ring (bicyclic) bond motifs is 18. The van der Waals surface area contributed by atoms with Gasteiger partial charge in [0.1, 0.15) is 0 Å². The lowest BCUT2D eigenvalue weighted by atomic mass is 9.62. The molecule has 0 N–H and O–H groups in total. The maximum absolute atomic E-state index is 11.9. The Morgan fingerprint density at radius 1 is 0.600 bits per heavy atom. The Kier molecular flexibility index (Phi) is 4.12. The summed E-state index contributed by atoms with van der Waals surface area (Å²) >= 11 is 0. The number of methoxy groups -OCH3 is 1. The highest BCUT2D eigenvalue weighted by Gasteiger charge is 2.66. The zero-order valence-corrected chi connectivity index (χ0v) is 19.3. The summed E-state index contributed by atoms with van der Waals surface area (Å²) in [6, 6.07) is 0. The molecule has 13 atom stereocenters. The van der Waals surface area contributed by atoms with E-state index in [1.54, 1.807) is 45.6 Å². The van der Waals surface area contributed by atoms with Crippen molar-refractivity contribution < 1.29 is 9.53 Å². The highest BCUT2D eigenvalue weighted by Crippen LogP contribution is 2.71. The summed E-state index contributed by atoms with van der Waals surface area (Å²) < 4.78 is 5.02. The van der Waals surface area contributed by atoms with Crippen molar-refractivity contribution >= 4 is 5.97 Å². The van der Waals surface area contributed by atoms with E-state index in [2.05, 4.69) is 13.8 Å². The monoisotopic (exact) mass is 410 g/mol. The maximum atomic E-state index is 11.9. The molecule has 8 aliphatic carbocycles. The molecule has 8 fully saturated rings. The van der Waals surface area contributed by atoms with Gasteiger partial charge in [-0.15, -0.1) is 0 Å². The zero-order valence-electron chi connectivity index (χ0n) is 19.3. The molecule has 8 bridgehead atoms. The average molecular weight is 411 g/mol. The van der Waals surface area contributed by atoms with Crippen LogP contribution < -0.4 is 0 Å². The van der Waals surface area contributed by atoms with Crippen LogP contribution in [-0.2, 0) is 9.53 Å². The number of esters is 1. The topological polar surface area (TPSA) is 26.3 Å². The standard InChI is InChI=1S/C16H24O2.C12H18/c1-7-8(2)11-6-10(7)14-9-4-12(15(11)14)13(5-9)16(17)18-3;1-2-8-5-7(1)11-9-3-4-10(6-9)12(8)11/h7-15H,4-6H2,1-3H3;7-12H,1-6H2. The van der Waals surface area contributed by atoms with E-state index in [0.29, 0.717) is 5.92 Å². The van der Waals surface area contributed by atoms with Crippen LogP contribution in [0, 0.1) is 88.8 Å². The first kappa shape index (κ1) is 19.0. The lowest BCUT2D eigenvalue weighted by Gasteiger charge is -2.42. The average Bonchev–Trinajstić information content (AvgIpc) is 3.59. The molecule has 0 aliphatic heterocycles. The smallest absolute Gasteiger partial charge is 0.308 e. The van der Waals surface area contributed by atoms with Gasteiger partial charge in [-0.05, 0) is 141 Å². The third-order valence-corrected chi connectivity index (χ3v) is 13.0. The predicted octanol–water partition coefficient (Wildman–Crippen LogP) is 6.05. The molecule has 0 aromatic rings. The fraction of sp³-hybridized carbons (Fsp3) is 0.964. The van der Waals surface area contributed by atoms with Crippen molar-refractivity contribution in [1.29, 1.82) is 0 Å². The molecule has 0 aromatic carbocycles. The van der Waals surface area contributed by atoms with Crippen molar-refractivity contribution in [2.45, 2.75) is 71.6 Å². The van der Waals surface area contributed by atoms with E-state index in [4.69, 9.17) is 4.74 Å². The molecule has 0 heterocycles. The molecule has 13 unspecified atom stereocenters. The first-order valence-corrected chi connectivity index (χ1v) is 13.6. The van der Waals surface area contributed by atoms with Gasteiger partial charge >= 0.3 is 5.97 Å². The Bertz CT molecular complexity index is 686. The van der Waals surface area contributed by atoms with E-state index >= 15 is 0 Å². The van der Waals surface area contributed by atoms with Gasteiger partial charge < -0.3 is 4.74 Å². The third-order valence-electron chi connectivity index (χ3n) is 13.0. The van der Waals surface area contributed by atoms with Crippen molar-refractivity contribution in [1.82, 2.24) is 0 Å².